The third kappa shape index (κ3) is 5.19. The van der Waals surface area contributed by atoms with Gasteiger partial charge in [-0.15, -0.1) is 0 Å². The van der Waals surface area contributed by atoms with E-state index in [1.807, 2.05) is 6.07 Å². The van der Waals surface area contributed by atoms with Crippen LogP contribution in [0.25, 0.3) is 0 Å². The average molecular weight is 203 g/mol. The van der Waals surface area contributed by atoms with Crippen LogP contribution in [0.1, 0.15) is 25.3 Å². The molecular weight excluding hydrogens is 184 g/mol. The molecule has 1 rings (SSSR count). The Morgan fingerprint density at radius 1 is 1.33 bits per heavy atom. The Kier molecular flexibility index (Phi) is 5.50. The quantitative estimate of drug-likeness (QED) is 0.699. The van der Waals surface area contributed by atoms with Crippen molar-refractivity contribution < 1.29 is 5.32 Å². The van der Waals surface area contributed by atoms with E-state index in [1.54, 1.807) is 0 Å². The zero-order chi connectivity index (χ0) is 10.9. The molecule has 0 bridgehead atoms. The summed E-state index contributed by atoms with van der Waals surface area (Å²) >= 11 is 0. The van der Waals surface area contributed by atoms with E-state index in [0.29, 0.717) is 12.5 Å². The van der Waals surface area contributed by atoms with Gasteiger partial charge >= 0.3 is 0 Å². The highest BCUT2D eigenvalue weighted by Crippen LogP contribution is 2.02. The SMILES string of the molecule is C[C@H](CCc1ccccc1)[NH2+]CCC#N. The number of rotatable bonds is 6. The van der Waals surface area contributed by atoms with Gasteiger partial charge in [0.1, 0.15) is 0 Å². The summed E-state index contributed by atoms with van der Waals surface area (Å²) in [6.45, 7) is 3.15. The summed E-state index contributed by atoms with van der Waals surface area (Å²) < 4.78 is 0. The first kappa shape index (κ1) is 11.7. The molecule has 1 aromatic rings. The Hall–Kier alpha value is -1.33. The molecule has 0 saturated heterocycles. The molecule has 0 aliphatic rings. The molecule has 2 heteroatoms. The first-order chi connectivity index (χ1) is 7.33. The number of quaternary nitrogens is 1. The number of nitrogens with zero attached hydrogens (tertiary/aromatic N) is 1. The lowest BCUT2D eigenvalue weighted by Gasteiger charge is -2.09. The van der Waals surface area contributed by atoms with Crippen LogP contribution in [0.5, 0.6) is 0 Å². The Bertz CT molecular complexity index is 300. The van der Waals surface area contributed by atoms with E-state index < -0.39 is 0 Å². The fourth-order valence-corrected chi connectivity index (χ4v) is 1.59. The third-order valence-electron chi connectivity index (χ3n) is 2.56. The maximum atomic E-state index is 8.42. The highest BCUT2D eigenvalue weighted by molar-refractivity contribution is 5.14. The second-order valence-corrected chi connectivity index (χ2v) is 3.93. The normalized spacial score (nSPS) is 12.0. The molecule has 0 saturated carbocycles. The number of nitrogens with two attached hydrogens (primary N) is 1. The van der Waals surface area contributed by atoms with Crippen LogP contribution in [-0.4, -0.2) is 12.6 Å². The number of aryl methyl sites for hydroxylation is 1. The molecule has 2 nitrogen and oxygen atoms in total. The first-order valence-corrected chi connectivity index (χ1v) is 5.57. The fourth-order valence-electron chi connectivity index (χ4n) is 1.59. The molecule has 1 atom stereocenters. The van der Waals surface area contributed by atoms with Crippen LogP contribution in [-0.2, 0) is 6.42 Å². The van der Waals surface area contributed by atoms with Crippen molar-refractivity contribution in [1.82, 2.24) is 0 Å². The fraction of sp³-hybridized carbons (Fsp3) is 0.462. The van der Waals surface area contributed by atoms with E-state index in [0.717, 1.165) is 13.0 Å². The van der Waals surface area contributed by atoms with Crippen molar-refractivity contribution in [2.24, 2.45) is 0 Å². The molecule has 80 valence electrons. The van der Waals surface area contributed by atoms with Crippen LogP contribution >= 0.6 is 0 Å². The van der Waals surface area contributed by atoms with Gasteiger partial charge in [0, 0.05) is 6.42 Å². The Morgan fingerprint density at radius 3 is 2.73 bits per heavy atom. The van der Waals surface area contributed by atoms with Crippen molar-refractivity contribution in [1.29, 1.82) is 5.26 Å². The summed E-state index contributed by atoms with van der Waals surface area (Å²) in [5.41, 5.74) is 1.40. The molecule has 0 fully saturated rings. The van der Waals surface area contributed by atoms with Gasteiger partial charge in [-0.25, -0.2) is 0 Å². The number of benzene rings is 1. The second-order valence-electron chi connectivity index (χ2n) is 3.93. The molecule has 0 aromatic heterocycles. The number of nitriles is 1. The van der Waals surface area contributed by atoms with Gasteiger partial charge in [0.05, 0.1) is 25.1 Å². The average Bonchev–Trinajstić information content (AvgIpc) is 2.28. The molecule has 1 aromatic carbocycles. The van der Waals surface area contributed by atoms with E-state index >= 15 is 0 Å². The predicted octanol–water partition coefficient (Wildman–Crippen LogP) is 1.48. The smallest absolute Gasteiger partial charge is 0.0889 e. The van der Waals surface area contributed by atoms with Crippen molar-refractivity contribution in [3.8, 4) is 6.07 Å². The van der Waals surface area contributed by atoms with Crippen molar-refractivity contribution in [2.75, 3.05) is 6.54 Å². The first-order valence-electron chi connectivity index (χ1n) is 5.57. The summed E-state index contributed by atoms with van der Waals surface area (Å²) in [4.78, 5) is 0. The van der Waals surface area contributed by atoms with Crippen molar-refractivity contribution in [3.63, 3.8) is 0 Å². The molecule has 0 aliphatic heterocycles. The highest BCUT2D eigenvalue weighted by atomic mass is 14.9. The van der Waals surface area contributed by atoms with Crippen LogP contribution in [0, 0.1) is 11.3 Å². The van der Waals surface area contributed by atoms with E-state index in [9.17, 15) is 0 Å². The Morgan fingerprint density at radius 2 is 2.07 bits per heavy atom. The molecule has 0 amide bonds. The Balaban J connectivity index is 2.17. The maximum absolute atomic E-state index is 8.42. The number of hydrogen-bond donors (Lipinski definition) is 1. The molecular formula is C13H19N2+. The molecule has 0 radical (unpaired) electrons. The van der Waals surface area contributed by atoms with Crippen LogP contribution in [0.4, 0.5) is 0 Å². The molecule has 0 spiro atoms. The summed E-state index contributed by atoms with van der Waals surface area (Å²) in [6, 6.07) is 13.3. The molecule has 2 N–H and O–H groups in total. The van der Waals surface area contributed by atoms with Gasteiger partial charge in [0.25, 0.3) is 0 Å². The topological polar surface area (TPSA) is 40.4 Å². The second kappa shape index (κ2) is 7.03. The van der Waals surface area contributed by atoms with Crippen LogP contribution < -0.4 is 5.32 Å². The lowest BCUT2D eigenvalue weighted by atomic mass is 10.1. The van der Waals surface area contributed by atoms with Crippen molar-refractivity contribution in [3.05, 3.63) is 35.9 Å². The van der Waals surface area contributed by atoms with Gasteiger partial charge in [-0.05, 0) is 18.9 Å². The summed E-state index contributed by atoms with van der Waals surface area (Å²) in [5.74, 6) is 0. The predicted molar refractivity (Wildman–Crippen MR) is 61.2 cm³/mol. The zero-order valence-corrected chi connectivity index (χ0v) is 9.32. The summed E-state index contributed by atoms with van der Waals surface area (Å²) in [5, 5.41) is 10.7. The monoisotopic (exact) mass is 203 g/mol. The number of hydrogen-bond acceptors (Lipinski definition) is 1. The molecule has 0 aliphatic carbocycles. The van der Waals surface area contributed by atoms with Gasteiger partial charge in [-0.1, -0.05) is 30.3 Å². The minimum atomic E-state index is 0.610. The highest BCUT2D eigenvalue weighted by Gasteiger charge is 2.04. The van der Waals surface area contributed by atoms with Gasteiger partial charge in [0.15, 0.2) is 0 Å². The molecule has 15 heavy (non-hydrogen) atoms. The van der Waals surface area contributed by atoms with Gasteiger partial charge in [-0.3, -0.25) is 0 Å². The van der Waals surface area contributed by atoms with Crippen molar-refractivity contribution in [2.45, 2.75) is 32.2 Å². The largest absolute Gasteiger partial charge is 0.343 e. The van der Waals surface area contributed by atoms with E-state index in [1.165, 1.54) is 12.0 Å². The van der Waals surface area contributed by atoms with E-state index in [4.69, 9.17) is 5.26 Å². The third-order valence-corrected chi connectivity index (χ3v) is 2.56. The van der Waals surface area contributed by atoms with Crippen LogP contribution in [0.3, 0.4) is 0 Å². The Labute approximate surface area is 91.9 Å². The van der Waals surface area contributed by atoms with Crippen molar-refractivity contribution >= 4 is 0 Å². The van der Waals surface area contributed by atoms with Gasteiger partial charge in [-0.2, -0.15) is 5.26 Å². The van der Waals surface area contributed by atoms with Crippen LogP contribution in [0.2, 0.25) is 0 Å². The van der Waals surface area contributed by atoms with Gasteiger partial charge < -0.3 is 5.32 Å². The summed E-state index contributed by atoms with van der Waals surface area (Å²) in [6.07, 6.45) is 2.95. The van der Waals surface area contributed by atoms with Crippen LogP contribution in [0.15, 0.2) is 30.3 Å². The van der Waals surface area contributed by atoms with Gasteiger partial charge in [0.2, 0.25) is 0 Å². The lowest BCUT2D eigenvalue weighted by molar-refractivity contribution is -0.685. The molecule has 0 heterocycles. The lowest BCUT2D eigenvalue weighted by Crippen LogP contribution is -2.89. The summed E-state index contributed by atoms with van der Waals surface area (Å²) in [7, 11) is 0. The zero-order valence-electron chi connectivity index (χ0n) is 9.32. The standard InChI is InChI=1S/C13H18N2/c1-12(15-11-5-10-14)8-9-13-6-3-2-4-7-13/h2-4,6-7,12,15H,5,8-9,11H2,1H3/p+1/t12-/m1/s1. The van der Waals surface area contributed by atoms with E-state index in [2.05, 4.69) is 42.6 Å². The minimum Gasteiger partial charge on any atom is -0.343 e. The molecule has 0 unspecified atom stereocenters. The maximum Gasteiger partial charge on any atom is 0.0889 e. The minimum absolute atomic E-state index is 0.610. The van der Waals surface area contributed by atoms with E-state index in [-0.39, 0.29) is 0 Å².